The topological polar surface area (TPSA) is 85.6 Å². The van der Waals surface area contributed by atoms with E-state index in [1.54, 1.807) is 20.8 Å². The van der Waals surface area contributed by atoms with E-state index in [2.05, 4.69) is 0 Å². The van der Waals surface area contributed by atoms with E-state index >= 15 is 0 Å². The quantitative estimate of drug-likeness (QED) is 0.604. The van der Waals surface area contributed by atoms with Crippen LogP contribution in [0.3, 0.4) is 0 Å². The van der Waals surface area contributed by atoms with Gasteiger partial charge in [0.2, 0.25) is 0 Å². The molecular weight excluding hydrogens is 238 g/mol. The highest BCUT2D eigenvalue weighted by atomic mass is 16.5. The molecule has 0 bridgehead atoms. The zero-order valence-electron chi connectivity index (χ0n) is 11.0. The number of esters is 2. The zero-order chi connectivity index (χ0) is 14.0. The van der Waals surface area contributed by atoms with Gasteiger partial charge in [-0.05, 0) is 20.8 Å². The third-order valence-electron chi connectivity index (χ3n) is 2.11. The lowest BCUT2D eigenvalue weighted by molar-refractivity contribution is -0.154. The van der Waals surface area contributed by atoms with Gasteiger partial charge in [-0.2, -0.15) is 5.26 Å². The normalized spacial score (nSPS) is 13.2. The fourth-order valence-electron chi connectivity index (χ4n) is 1.39. The van der Waals surface area contributed by atoms with E-state index in [9.17, 15) is 9.59 Å². The first-order valence-corrected chi connectivity index (χ1v) is 5.94. The standard InChI is InChI=1S/C12H19NO5/c1-4-16-10(7-11(14)17-5-2)9(8-13)12(15)18-6-3/h9-10H,4-7H2,1-3H3. The van der Waals surface area contributed by atoms with Crippen LogP contribution in [-0.2, 0) is 23.8 Å². The fourth-order valence-corrected chi connectivity index (χ4v) is 1.39. The van der Waals surface area contributed by atoms with Crippen molar-refractivity contribution >= 4 is 11.9 Å². The van der Waals surface area contributed by atoms with Crippen molar-refractivity contribution in [3.63, 3.8) is 0 Å². The van der Waals surface area contributed by atoms with Crippen LogP contribution < -0.4 is 0 Å². The lowest BCUT2D eigenvalue weighted by Gasteiger charge is -2.19. The number of nitrogens with zero attached hydrogens (tertiary/aromatic N) is 1. The van der Waals surface area contributed by atoms with Crippen molar-refractivity contribution in [3.05, 3.63) is 0 Å². The summed E-state index contributed by atoms with van der Waals surface area (Å²) in [5.74, 6) is -2.29. The number of ether oxygens (including phenoxy) is 3. The van der Waals surface area contributed by atoms with Gasteiger partial charge in [-0.3, -0.25) is 9.59 Å². The van der Waals surface area contributed by atoms with E-state index < -0.39 is 24.0 Å². The van der Waals surface area contributed by atoms with Crippen LogP contribution >= 0.6 is 0 Å². The maximum atomic E-state index is 11.6. The van der Waals surface area contributed by atoms with Crippen LogP contribution in [0.4, 0.5) is 0 Å². The average molecular weight is 257 g/mol. The third kappa shape index (κ3) is 5.64. The van der Waals surface area contributed by atoms with Gasteiger partial charge < -0.3 is 14.2 Å². The number of nitriles is 1. The van der Waals surface area contributed by atoms with Crippen molar-refractivity contribution in [3.8, 4) is 6.07 Å². The van der Waals surface area contributed by atoms with Crippen molar-refractivity contribution in [2.45, 2.75) is 33.3 Å². The Balaban J connectivity index is 4.67. The summed E-state index contributed by atoms with van der Waals surface area (Å²) in [7, 11) is 0. The molecule has 0 aromatic carbocycles. The molecule has 6 heteroatoms. The molecule has 18 heavy (non-hydrogen) atoms. The maximum absolute atomic E-state index is 11.6. The number of hydrogen-bond acceptors (Lipinski definition) is 6. The first kappa shape index (κ1) is 16.4. The Bertz CT molecular complexity index is 310. The number of hydrogen-bond donors (Lipinski definition) is 0. The lowest BCUT2D eigenvalue weighted by Crippen LogP contribution is -2.33. The fraction of sp³-hybridized carbons (Fsp3) is 0.750. The Hall–Kier alpha value is -1.61. The Morgan fingerprint density at radius 2 is 1.72 bits per heavy atom. The molecule has 0 aliphatic heterocycles. The Morgan fingerprint density at radius 3 is 2.17 bits per heavy atom. The van der Waals surface area contributed by atoms with Crippen LogP contribution in [-0.4, -0.2) is 37.9 Å². The van der Waals surface area contributed by atoms with Crippen molar-refractivity contribution in [2.75, 3.05) is 19.8 Å². The van der Waals surface area contributed by atoms with Gasteiger partial charge >= 0.3 is 11.9 Å². The number of carbonyl (C=O) groups excluding carboxylic acids is 2. The van der Waals surface area contributed by atoms with Crippen LogP contribution in [0.5, 0.6) is 0 Å². The second kappa shape index (κ2) is 9.42. The minimum atomic E-state index is -1.12. The summed E-state index contributed by atoms with van der Waals surface area (Å²) in [6, 6.07) is 1.81. The molecule has 0 rings (SSSR count). The summed E-state index contributed by atoms with van der Waals surface area (Å²) < 4.78 is 14.8. The summed E-state index contributed by atoms with van der Waals surface area (Å²) in [5.41, 5.74) is 0. The Morgan fingerprint density at radius 1 is 1.11 bits per heavy atom. The predicted molar refractivity (Wildman–Crippen MR) is 62.4 cm³/mol. The van der Waals surface area contributed by atoms with Crippen LogP contribution in [0.15, 0.2) is 0 Å². The predicted octanol–water partition coefficient (Wildman–Crippen LogP) is 1.05. The third-order valence-corrected chi connectivity index (χ3v) is 2.11. The molecule has 2 unspecified atom stereocenters. The molecule has 0 amide bonds. The van der Waals surface area contributed by atoms with E-state index in [4.69, 9.17) is 19.5 Å². The number of rotatable bonds is 8. The minimum absolute atomic E-state index is 0.140. The van der Waals surface area contributed by atoms with E-state index in [-0.39, 0.29) is 19.6 Å². The summed E-state index contributed by atoms with van der Waals surface area (Å²) >= 11 is 0. The van der Waals surface area contributed by atoms with Crippen molar-refractivity contribution < 1.29 is 23.8 Å². The first-order chi connectivity index (χ1) is 8.60. The van der Waals surface area contributed by atoms with E-state index in [1.165, 1.54) is 0 Å². The summed E-state index contributed by atoms with van der Waals surface area (Å²) in [6.07, 6.45) is -0.975. The van der Waals surface area contributed by atoms with Gasteiger partial charge in [-0.25, -0.2) is 0 Å². The molecule has 0 heterocycles. The van der Waals surface area contributed by atoms with Crippen LogP contribution in [0, 0.1) is 17.2 Å². The molecular formula is C12H19NO5. The van der Waals surface area contributed by atoms with Gasteiger partial charge in [0.25, 0.3) is 0 Å². The molecule has 0 aliphatic carbocycles. The lowest BCUT2D eigenvalue weighted by atomic mass is 10.0. The van der Waals surface area contributed by atoms with Crippen molar-refractivity contribution in [2.24, 2.45) is 5.92 Å². The molecule has 0 fully saturated rings. The van der Waals surface area contributed by atoms with Gasteiger partial charge in [0, 0.05) is 6.61 Å². The van der Waals surface area contributed by atoms with Crippen LogP contribution in [0.25, 0.3) is 0 Å². The molecule has 102 valence electrons. The van der Waals surface area contributed by atoms with Gasteiger partial charge in [0.1, 0.15) is 0 Å². The van der Waals surface area contributed by atoms with Gasteiger partial charge in [-0.15, -0.1) is 0 Å². The highest BCUT2D eigenvalue weighted by Gasteiger charge is 2.32. The largest absolute Gasteiger partial charge is 0.466 e. The van der Waals surface area contributed by atoms with Gasteiger partial charge in [0.15, 0.2) is 5.92 Å². The summed E-state index contributed by atoms with van der Waals surface area (Å²) in [5, 5.41) is 8.98. The Kier molecular flexibility index (Phi) is 8.58. The molecule has 0 saturated carbocycles. The molecule has 0 aromatic rings. The van der Waals surface area contributed by atoms with E-state index in [0.29, 0.717) is 6.61 Å². The highest BCUT2D eigenvalue weighted by Crippen LogP contribution is 2.14. The molecule has 0 saturated heterocycles. The minimum Gasteiger partial charge on any atom is -0.466 e. The van der Waals surface area contributed by atoms with Gasteiger partial charge in [0.05, 0.1) is 31.8 Å². The molecule has 0 spiro atoms. The average Bonchev–Trinajstić information content (AvgIpc) is 2.30. The monoisotopic (exact) mass is 257 g/mol. The van der Waals surface area contributed by atoms with Gasteiger partial charge in [-0.1, -0.05) is 0 Å². The Labute approximate surface area is 107 Å². The smallest absolute Gasteiger partial charge is 0.326 e. The van der Waals surface area contributed by atoms with E-state index in [1.807, 2.05) is 6.07 Å². The van der Waals surface area contributed by atoms with Crippen LogP contribution in [0.2, 0.25) is 0 Å². The van der Waals surface area contributed by atoms with Crippen molar-refractivity contribution in [1.82, 2.24) is 0 Å². The van der Waals surface area contributed by atoms with Crippen molar-refractivity contribution in [1.29, 1.82) is 5.26 Å². The SMILES string of the molecule is CCOC(=O)CC(OCC)C(C#N)C(=O)OCC. The molecule has 0 aromatic heterocycles. The van der Waals surface area contributed by atoms with E-state index in [0.717, 1.165) is 0 Å². The van der Waals surface area contributed by atoms with Crippen LogP contribution in [0.1, 0.15) is 27.2 Å². The second-order valence-electron chi connectivity index (χ2n) is 3.36. The second-order valence-corrected chi connectivity index (χ2v) is 3.36. The molecule has 0 N–H and O–H groups in total. The first-order valence-electron chi connectivity index (χ1n) is 5.94. The molecule has 0 aliphatic rings. The zero-order valence-corrected chi connectivity index (χ0v) is 11.0. The molecule has 0 radical (unpaired) electrons. The number of carbonyl (C=O) groups is 2. The summed E-state index contributed by atoms with van der Waals surface area (Å²) in [4.78, 5) is 22.9. The maximum Gasteiger partial charge on any atom is 0.326 e. The highest BCUT2D eigenvalue weighted by molar-refractivity contribution is 5.78. The molecule has 2 atom stereocenters. The summed E-state index contributed by atoms with van der Waals surface area (Å²) in [6.45, 7) is 5.76. The molecule has 6 nitrogen and oxygen atoms in total.